The summed E-state index contributed by atoms with van der Waals surface area (Å²) < 4.78 is 12.7. The molecule has 1 aromatic carbocycles. The summed E-state index contributed by atoms with van der Waals surface area (Å²) in [5.74, 6) is -0.408. The van der Waals surface area contributed by atoms with Gasteiger partial charge in [0.2, 0.25) is 6.54 Å². The van der Waals surface area contributed by atoms with Crippen molar-refractivity contribution in [3.63, 3.8) is 0 Å². The lowest BCUT2D eigenvalue weighted by Gasteiger charge is -2.12. The quantitative estimate of drug-likeness (QED) is 0.550. The largest absolute Gasteiger partial charge is 0.265 e. The molecule has 0 amide bonds. The van der Waals surface area contributed by atoms with Gasteiger partial charge in [0.25, 0.3) is 0 Å². The van der Waals surface area contributed by atoms with E-state index >= 15 is 0 Å². The molecule has 1 rings (SSSR count). The fourth-order valence-corrected chi connectivity index (χ4v) is 1.73. The molecule has 1 aromatic rings. The van der Waals surface area contributed by atoms with Crippen LogP contribution in [-0.4, -0.2) is 11.5 Å². The van der Waals surface area contributed by atoms with Crippen molar-refractivity contribution < 1.29 is 9.31 Å². The molecule has 16 heavy (non-hydrogen) atoms. The monoisotopic (exact) mass is 225 g/mol. The van der Waals surface area contributed by atoms with Gasteiger partial charge in [-0.2, -0.15) is 0 Å². The molecule has 0 saturated heterocycles. The summed E-state index contributed by atoms with van der Waals surface area (Å²) in [6, 6.07) is 5.99. The highest BCUT2D eigenvalue weighted by atomic mass is 19.1. The fraction of sp³-hybridized carbons (Fsp3) is 0.500. The molecule has 88 valence electrons. The molecule has 0 aromatic heterocycles. The fourth-order valence-electron chi connectivity index (χ4n) is 1.73. The average Bonchev–Trinajstić information content (AvgIpc) is 2.25. The van der Waals surface area contributed by atoms with Gasteiger partial charge in [-0.15, -0.1) is 0 Å². The van der Waals surface area contributed by atoms with Crippen molar-refractivity contribution >= 4 is 0 Å². The second-order valence-corrected chi connectivity index (χ2v) is 3.91. The first-order valence-electron chi connectivity index (χ1n) is 5.50. The van der Waals surface area contributed by atoms with Crippen molar-refractivity contribution in [2.75, 3.05) is 6.54 Å². The van der Waals surface area contributed by atoms with Gasteiger partial charge in [0, 0.05) is 10.8 Å². The van der Waals surface area contributed by atoms with Gasteiger partial charge >= 0.3 is 0 Å². The molecule has 0 bridgehead atoms. The molecule has 0 N–H and O–H groups in total. The van der Waals surface area contributed by atoms with E-state index in [9.17, 15) is 14.5 Å². The number of hydrogen-bond acceptors (Lipinski definition) is 2. The Morgan fingerprint density at radius 3 is 2.50 bits per heavy atom. The van der Waals surface area contributed by atoms with Crippen LogP contribution in [0.3, 0.4) is 0 Å². The summed E-state index contributed by atoms with van der Waals surface area (Å²) in [7, 11) is 0. The molecule has 0 spiro atoms. The molecule has 3 nitrogen and oxygen atoms in total. The second kappa shape index (κ2) is 6.20. The Hall–Kier alpha value is -1.45. The van der Waals surface area contributed by atoms with Gasteiger partial charge in [-0.25, -0.2) is 4.39 Å². The molecule has 0 aliphatic carbocycles. The maximum absolute atomic E-state index is 12.7. The third-order valence-corrected chi connectivity index (χ3v) is 2.62. The Morgan fingerprint density at radius 1 is 1.38 bits per heavy atom. The van der Waals surface area contributed by atoms with Gasteiger partial charge in [0.1, 0.15) is 5.82 Å². The minimum absolute atomic E-state index is 0.0777. The zero-order valence-corrected chi connectivity index (χ0v) is 9.36. The van der Waals surface area contributed by atoms with E-state index in [1.54, 1.807) is 12.1 Å². The number of rotatable bonds is 6. The maximum Gasteiger partial charge on any atom is 0.210 e. The summed E-state index contributed by atoms with van der Waals surface area (Å²) in [5, 5.41) is 10.5. The minimum Gasteiger partial charge on any atom is -0.265 e. The lowest BCUT2D eigenvalue weighted by Crippen LogP contribution is -2.12. The molecule has 0 aliphatic heterocycles. The predicted molar refractivity (Wildman–Crippen MR) is 60.5 cm³/mol. The summed E-state index contributed by atoms with van der Waals surface area (Å²) >= 11 is 0. The number of hydrogen-bond donors (Lipinski definition) is 0. The van der Waals surface area contributed by atoms with Crippen LogP contribution in [0.2, 0.25) is 0 Å². The van der Waals surface area contributed by atoms with Crippen molar-refractivity contribution in [3.8, 4) is 0 Å². The Bertz CT molecular complexity index is 337. The highest BCUT2D eigenvalue weighted by Crippen LogP contribution is 2.22. The molecule has 0 aliphatic rings. The standard InChI is InChI=1S/C12H16FNO2/c1-2-3-4-11(9-14(15)16)10-5-7-12(13)8-6-10/h5-8,11H,2-4,9H2,1H3. The average molecular weight is 225 g/mol. The lowest BCUT2D eigenvalue weighted by molar-refractivity contribution is -0.483. The van der Waals surface area contributed by atoms with E-state index in [0.717, 1.165) is 24.8 Å². The van der Waals surface area contributed by atoms with Gasteiger partial charge in [-0.3, -0.25) is 10.1 Å². The van der Waals surface area contributed by atoms with Crippen LogP contribution < -0.4 is 0 Å². The van der Waals surface area contributed by atoms with Gasteiger partial charge in [-0.05, 0) is 24.1 Å². The zero-order chi connectivity index (χ0) is 12.0. The molecule has 1 unspecified atom stereocenters. The van der Waals surface area contributed by atoms with Crippen LogP contribution >= 0.6 is 0 Å². The van der Waals surface area contributed by atoms with Gasteiger partial charge in [0.05, 0.1) is 0 Å². The zero-order valence-electron chi connectivity index (χ0n) is 9.36. The van der Waals surface area contributed by atoms with Crippen molar-refractivity contribution in [1.82, 2.24) is 0 Å². The number of nitrogens with zero attached hydrogens (tertiary/aromatic N) is 1. The summed E-state index contributed by atoms with van der Waals surface area (Å²) in [5.41, 5.74) is 0.853. The highest BCUT2D eigenvalue weighted by molar-refractivity contribution is 5.20. The van der Waals surface area contributed by atoms with Crippen molar-refractivity contribution in [1.29, 1.82) is 0 Å². The van der Waals surface area contributed by atoms with Gasteiger partial charge in [-0.1, -0.05) is 31.9 Å². The predicted octanol–water partition coefficient (Wildman–Crippen LogP) is 3.38. The minimum atomic E-state index is -0.306. The third kappa shape index (κ3) is 3.96. The van der Waals surface area contributed by atoms with Gasteiger partial charge < -0.3 is 0 Å². The molecule has 0 radical (unpaired) electrons. The third-order valence-electron chi connectivity index (χ3n) is 2.62. The smallest absolute Gasteiger partial charge is 0.210 e. The summed E-state index contributed by atoms with van der Waals surface area (Å²) in [6.45, 7) is 1.97. The molecule has 4 heteroatoms. The Balaban J connectivity index is 2.74. The molecule has 1 atom stereocenters. The van der Waals surface area contributed by atoms with E-state index in [1.807, 2.05) is 6.92 Å². The topological polar surface area (TPSA) is 43.1 Å². The van der Waals surface area contributed by atoms with Crippen LogP contribution in [-0.2, 0) is 0 Å². The van der Waals surface area contributed by atoms with Crippen LogP contribution in [0.5, 0.6) is 0 Å². The van der Waals surface area contributed by atoms with Crippen LogP contribution in [0.1, 0.15) is 37.7 Å². The maximum atomic E-state index is 12.7. The molecule has 0 saturated carbocycles. The lowest BCUT2D eigenvalue weighted by atomic mass is 9.94. The van der Waals surface area contributed by atoms with E-state index in [0.29, 0.717) is 0 Å². The SMILES string of the molecule is CCCCC(C[N+](=O)[O-])c1ccc(F)cc1. The Morgan fingerprint density at radius 2 is 2.00 bits per heavy atom. The number of benzene rings is 1. The van der Waals surface area contributed by atoms with E-state index in [4.69, 9.17) is 0 Å². The van der Waals surface area contributed by atoms with Crippen molar-refractivity contribution in [2.24, 2.45) is 0 Å². The first kappa shape index (κ1) is 12.6. The number of nitro groups is 1. The van der Waals surface area contributed by atoms with Gasteiger partial charge in [0.15, 0.2) is 0 Å². The molecule has 0 heterocycles. The second-order valence-electron chi connectivity index (χ2n) is 3.91. The van der Waals surface area contributed by atoms with Crippen LogP contribution in [0.4, 0.5) is 4.39 Å². The molecular formula is C12H16FNO2. The van der Waals surface area contributed by atoms with Crippen LogP contribution in [0.15, 0.2) is 24.3 Å². The van der Waals surface area contributed by atoms with Crippen LogP contribution in [0.25, 0.3) is 0 Å². The Labute approximate surface area is 94.4 Å². The van der Waals surface area contributed by atoms with E-state index in [1.165, 1.54) is 12.1 Å². The Kier molecular flexibility index (Phi) is 4.89. The first-order chi connectivity index (χ1) is 7.63. The molecule has 0 fully saturated rings. The molecular weight excluding hydrogens is 209 g/mol. The first-order valence-corrected chi connectivity index (χ1v) is 5.50. The van der Waals surface area contributed by atoms with E-state index in [-0.39, 0.29) is 23.2 Å². The van der Waals surface area contributed by atoms with Crippen LogP contribution in [0, 0.1) is 15.9 Å². The summed E-state index contributed by atoms with van der Waals surface area (Å²) in [4.78, 5) is 10.2. The van der Waals surface area contributed by atoms with Crippen molar-refractivity contribution in [2.45, 2.75) is 32.1 Å². The normalized spacial score (nSPS) is 12.4. The van der Waals surface area contributed by atoms with E-state index < -0.39 is 0 Å². The number of halogens is 1. The van der Waals surface area contributed by atoms with E-state index in [2.05, 4.69) is 0 Å². The van der Waals surface area contributed by atoms with Crippen molar-refractivity contribution in [3.05, 3.63) is 45.8 Å². The highest BCUT2D eigenvalue weighted by Gasteiger charge is 2.17. The summed E-state index contributed by atoms with van der Waals surface area (Å²) in [6.07, 6.45) is 2.74. The number of unbranched alkanes of at least 4 members (excludes halogenated alkanes) is 1.